The molecule has 138 valence electrons. The first-order valence-corrected chi connectivity index (χ1v) is 10.4. The molecule has 1 aromatic carbocycles. The molecule has 1 heterocycles. The number of benzene rings is 1. The van der Waals surface area contributed by atoms with Crippen molar-refractivity contribution >= 4 is 0 Å². The predicted molar refractivity (Wildman–Crippen MR) is 101 cm³/mol. The Kier molecular flexibility index (Phi) is 4.57. The molecule has 0 aromatic heterocycles. The highest BCUT2D eigenvalue weighted by Gasteiger charge is 2.63. The van der Waals surface area contributed by atoms with Gasteiger partial charge < -0.3 is 10.2 Å². The topological polar surface area (TPSA) is 43.7 Å². The van der Waals surface area contributed by atoms with Crippen LogP contribution in [0, 0.1) is 0 Å². The number of phenols is 1. The first-order chi connectivity index (χ1) is 12.1. The summed E-state index contributed by atoms with van der Waals surface area (Å²) in [6.45, 7) is 4.47. The van der Waals surface area contributed by atoms with Gasteiger partial charge in [0, 0.05) is 11.5 Å². The molecule has 3 heteroatoms. The highest BCUT2D eigenvalue weighted by molar-refractivity contribution is 5.48. The number of phenolic OH excluding ortho intramolecular Hbond substituents is 1. The van der Waals surface area contributed by atoms with Crippen molar-refractivity contribution < 1.29 is 10.2 Å². The van der Waals surface area contributed by atoms with Gasteiger partial charge in [-0.3, -0.25) is 4.90 Å². The summed E-state index contributed by atoms with van der Waals surface area (Å²) >= 11 is 0. The van der Waals surface area contributed by atoms with Crippen LogP contribution in [-0.2, 0) is 11.8 Å². The average molecular weight is 344 g/mol. The van der Waals surface area contributed by atoms with E-state index in [-0.39, 0.29) is 11.5 Å². The molecule has 2 aliphatic carbocycles. The van der Waals surface area contributed by atoms with Crippen LogP contribution in [0.2, 0.25) is 0 Å². The fourth-order valence-corrected chi connectivity index (χ4v) is 6.10. The molecular formula is C22H33NO2. The molecule has 2 N–H and O–H groups in total. The van der Waals surface area contributed by atoms with E-state index in [4.69, 9.17) is 0 Å². The van der Waals surface area contributed by atoms with Gasteiger partial charge in [-0.15, -0.1) is 0 Å². The summed E-state index contributed by atoms with van der Waals surface area (Å²) in [5.41, 5.74) is 1.85. The number of rotatable bonds is 5. The van der Waals surface area contributed by atoms with Gasteiger partial charge in [0.2, 0.25) is 0 Å². The largest absolute Gasteiger partial charge is 0.508 e. The Morgan fingerprint density at radius 2 is 1.96 bits per heavy atom. The molecule has 0 spiro atoms. The third-order valence-electron chi connectivity index (χ3n) is 7.38. The monoisotopic (exact) mass is 343 g/mol. The van der Waals surface area contributed by atoms with Crippen LogP contribution in [-0.4, -0.2) is 39.8 Å². The number of unbranched alkanes of at least 4 members (excludes halogenated alkanes) is 3. The summed E-state index contributed by atoms with van der Waals surface area (Å²) in [4.78, 5) is 2.59. The van der Waals surface area contributed by atoms with E-state index in [2.05, 4.69) is 17.9 Å². The Morgan fingerprint density at radius 3 is 2.80 bits per heavy atom. The summed E-state index contributed by atoms with van der Waals surface area (Å²) in [6.07, 6.45) is 11.4. The Labute approximate surface area is 152 Å². The lowest BCUT2D eigenvalue weighted by Gasteiger charge is -2.64. The van der Waals surface area contributed by atoms with E-state index >= 15 is 0 Å². The normalized spacial score (nSPS) is 34.4. The van der Waals surface area contributed by atoms with Gasteiger partial charge in [0.15, 0.2) is 0 Å². The van der Waals surface area contributed by atoms with E-state index in [0.717, 1.165) is 45.2 Å². The fourth-order valence-electron chi connectivity index (χ4n) is 6.10. The maximum absolute atomic E-state index is 11.9. The second-order valence-corrected chi connectivity index (χ2v) is 8.62. The van der Waals surface area contributed by atoms with Crippen LogP contribution in [0.4, 0.5) is 0 Å². The van der Waals surface area contributed by atoms with Gasteiger partial charge in [-0.05, 0) is 68.5 Å². The molecular weight excluding hydrogens is 310 g/mol. The summed E-state index contributed by atoms with van der Waals surface area (Å²) in [6, 6.07) is 6.14. The number of fused-ring (bicyclic) bond motifs is 1. The van der Waals surface area contributed by atoms with Gasteiger partial charge in [-0.1, -0.05) is 45.1 Å². The van der Waals surface area contributed by atoms with Crippen molar-refractivity contribution in [1.29, 1.82) is 0 Å². The summed E-state index contributed by atoms with van der Waals surface area (Å²) in [5.74, 6) is 0.349. The number of likely N-dealkylation sites (tertiary alicyclic amines) is 1. The minimum Gasteiger partial charge on any atom is -0.508 e. The van der Waals surface area contributed by atoms with Gasteiger partial charge in [-0.25, -0.2) is 0 Å². The lowest BCUT2D eigenvalue weighted by molar-refractivity contribution is -0.166. The predicted octanol–water partition coefficient (Wildman–Crippen LogP) is 4.15. The maximum Gasteiger partial charge on any atom is 0.115 e. The Morgan fingerprint density at radius 1 is 1.12 bits per heavy atom. The molecule has 3 nitrogen and oxygen atoms in total. The van der Waals surface area contributed by atoms with E-state index < -0.39 is 5.60 Å². The lowest BCUT2D eigenvalue weighted by Crippen LogP contribution is -2.72. The van der Waals surface area contributed by atoms with Crippen LogP contribution in [0.5, 0.6) is 5.75 Å². The maximum atomic E-state index is 11.9. The highest BCUT2D eigenvalue weighted by atomic mass is 16.3. The standard InChI is InChI=1S/C22H33NO2/c1-2-3-4-7-13-23-14-12-21-10-5-6-11-22(21,25)20(23)15-17-8-9-18(24)16-19(17)21/h8-9,16,20,24-25H,2-7,10-15H2,1H3/t20-,21+,22-/m0/s1. The van der Waals surface area contributed by atoms with Crippen molar-refractivity contribution in [3.63, 3.8) is 0 Å². The van der Waals surface area contributed by atoms with Crippen LogP contribution in [0.25, 0.3) is 0 Å². The van der Waals surface area contributed by atoms with Crippen molar-refractivity contribution in [2.75, 3.05) is 13.1 Å². The highest BCUT2D eigenvalue weighted by Crippen LogP contribution is 2.58. The zero-order valence-electron chi connectivity index (χ0n) is 15.6. The Balaban J connectivity index is 1.67. The lowest BCUT2D eigenvalue weighted by atomic mass is 9.49. The number of aliphatic hydroxyl groups is 1. The molecule has 1 saturated carbocycles. The number of hydrogen-bond donors (Lipinski definition) is 2. The van der Waals surface area contributed by atoms with E-state index in [1.165, 1.54) is 43.2 Å². The summed E-state index contributed by atoms with van der Waals surface area (Å²) in [7, 11) is 0. The number of aromatic hydroxyl groups is 1. The van der Waals surface area contributed by atoms with Crippen LogP contribution in [0.3, 0.4) is 0 Å². The van der Waals surface area contributed by atoms with Crippen molar-refractivity contribution in [3.05, 3.63) is 29.3 Å². The molecule has 3 atom stereocenters. The Hall–Kier alpha value is -1.06. The second kappa shape index (κ2) is 6.59. The van der Waals surface area contributed by atoms with Crippen LogP contribution < -0.4 is 0 Å². The molecule has 1 saturated heterocycles. The van der Waals surface area contributed by atoms with Gasteiger partial charge in [0.1, 0.15) is 5.75 Å². The molecule has 1 aliphatic heterocycles. The third kappa shape index (κ3) is 2.62. The molecule has 25 heavy (non-hydrogen) atoms. The van der Waals surface area contributed by atoms with Crippen molar-refractivity contribution in [1.82, 2.24) is 4.90 Å². The van der Waals surface area contributed by atoms with Crippen molar-refractivity contribution in [2.24, 2.45) is 0 Å². The first-order valence-electron chi connectivity index (χ1n) is 10.4. The summed E-state index contributed by atoms with van der Waals surface area (Å²) < 4.78 is 0. The van der Waals surface area contributed by atoms with E-state index in [0.29, 0.717) is 5.75 Å². The van der Waals surface area contributed by atoms with Gasteiger partial charge in [0.05, 0.1) is 5.60 Å². The Bertz CT molecular complexity index is 630. The van der Waals surface area contributed by atoms with Gasteiger partial charge >= 0.3 is 0 Å². The quantitative estimate of drug-likeness (QED) is 0.790. The minimum atomic E-state index is -0.616. The van der Waals surface area contributed by atoms with E-state index in [1.807, 2.05) is 12.1 Å². The smallest absolute Gasteiger partial charge is 0.115 e. The minimum absolute atomic E-state index is 0.137. The van der Waals surface area contributed by atoms with Crippen molar-refractivity contribution in [2.45, 2.75) is 88.2 Å². The van der Waals surface area contributed by atoms with Crippen LogP contribution >= 0.6 is 0 Å². The van der Waals surface area contributed by atoms with E-state index in [1.54, 1.807) is 0 Å². The average Bonchev–Trinajstić information content (AvgIpc) is 2.60. The van der Waals surface area contributed by atoms with Crippen LogP contribution in [0.1, 0.15) is 75.8 Å². The number of nitrogens with zero attached hydrogens (tertiary/aromatic N) is 1. The fraction of sp³-hybridized carbons (Fsp3) is 0.727. The zero-order chi connectivity index (χ0) is 17.5. The molecule has 1 aromatic rings. The van der Waals surface area contributed by atoms with E-state index in [9.17, 15) is 10.2 Å². The van der Waals surface area contributed by atoms with Crippen LogP contribution in [0.15, 0.2) is 18.2 Å². The van der Waals surface area contributed by atoms with Gasteiger partial charge in [-0.2, -0.15) is 0 Å². The molecule has 2 bridgehead atoms. The number of piperidine rings is 1. The molecule has 0 amide bonds. The molecule has 4 rings (SSSR count). The molecule has 0 radical (unpaired) electrons. The second-order valence-electron chi connectivity index (χ2n) is 8.62. The zero-order valence-corrected chi connectivity index (χ0v) is 15.6. The molecule has 2 fully saturated rings. The SMILES string of the molecule is CCCCCCN1CC[C@@]23CCCC[C@]2(O)[C@@H]1Cc1ccc(O)cc13. The molecule has 3 aliphatic rings. The molecule has 0 unspecified atom stereocenters. The van der Waals surface area contributed by atoms with Crippen molar-refractivity contribution in [3.8, 4) is 5.75 Å². The van der Waals surface area contributed by atoms with Gasteiger partial charge in [0.25, 0.3) is 0 Å². The third-order valence-corrected chi connectivity index (χ3v) is 7.38. The summed E-state index contributed by atoms with van der Waals surface area (Å²) in [5, 5.41) is 22.0. The number of hydrogen-bond acceptors (Lipinski definition) is 3. The first kappa shape index (κ1) is 17.4.